The Balaban J connectivity index is 1.48. The van der Waals surface area contributed by atoms with Gasteiger partial charge in [0, 0.05) is 36.1 Å². The van der Waals surface area contributed by atoms with Crippen LogP contribution in [0.1, 0.15) is 11.1 Å². The number of halogens is 1. The number of fused-ring (bicyclic) bond motifs is 1. The summed E-state index contributed by atoms with van der Waals surface area (Å²) in [6, 6.07) is 9.37. The van der Waals surface area contributed by atoms with Crippen molar-refractivity contribution >= 4 is 17.2 Å². The van der Waals surface area contributed by atoms with Crippen LogP contribution in [0.2, 0.25) is 5.02 Å². The van der Waals surface area contributed by atoms with E-state index < -0.39 is 0 Å². The summed E-state index contributed by atoms with van der Waals surface area (Å²) in [5.74, 6) is 0.753. The van der Waals surface area contributed by atoms with E-state index in [1.807, 2.05) is 24.4 Å². The summed E-state index contributed by atoms with van der Waals surface area (Å²) in [5, 5.41) is 17.0. The van der Waals surface area contributed by atoms with Gasteiger partial charge in [-0.15, -0.1) is 0 Å². The van der Waals surface area contributed by atoms with Crippen molar-refractivity contribution in [2.24, 2.45) is 0 Å². The minimum absolute atomic E-state index is 0.472. The van der Waals surface area contributed by atoms with E-state index in [1.54, 1.807) is 16.8 Å². The van der Waals surface area contributed by atoms with Gasteiger partial charge in [0.05, 0.1) is 6.20 Å². The number of nitrogens with one attached hydrogen (secondary N) is 1. The first-order chi connectivity index (χ1) is 11.3. The molecule has 7 heteroatoms. The summed E-state index contributed by atoms with van der Waals surface area (Å²) in [6.45, 7) is 1.87. The molecule has 23 heavy (non-hydrogen) atoms. The molecule has 0 aliphatic carbocycles. The van der Waals surface area contributed by atoms with E-state index in [1.165, 1.54) is 6.20 Å². The lowest BCUT2D eigenvalue weighted by molar-refractivity contribution is 0.313. The molecule has 0 saturated carbocycles. The lowest BCUT2D eigenvalue weighted by atomic mass is 10.3. The highest BCUT2D eigenvalue weighted by molar-refractivity contribution is 6.30. The molecule has 6 nitrogen and oxygen atoms in total. The van der Waals surface area contributed by atoms with E-state index in [0.717, 1.165) is 11.3 Å². The Morgan fingerprint density at radius 2 is 2.26 bits per heavy atom. The molecular weight excluding hydrogens is 314 g/mol. The van der Waals surface area contributed by atoms with Crippen LogP contribution in [0.25, 0.3) is 5.65 Å². The van der Waals surface area contributed by atoms with Crippen molar-refractivity contribution in [2.45, 2.75) is 6.54 Å². The van der Waals surface area contributed by atoms with E-state index in [-0.39, 0.29) is 0 Å². The van der Waals surface area contributed by atoms with E-state index in [9.17, 15) is 0 Å². The highest BCUT2D eigenvalue weighted by atomic mass is 35.5. The van der Waals surface area contributed by atoms with Gasteiger partial charge in [-0.2, -0.15) is 10.4 Å². The van der Waals surface area contributed by atoms with Gasteiger partial charge >= 0.3 is 0 Å². The molecule has 0 saturated heterocycles. The number of hydrogen-bond acceptors (Lipinski definition) is 5. The molecule has 1 aromatic carbocycles. The van der Waals surface area contributed by atoms with Crippen molar-refractivity contribution in [1.82, 2.24) is 19.9 Å². The second-order valence-corrected chi connectivity index (χ2v) is 5.32. The maximum atomic E-state index is 8.93. The molecule has 0 aliphatic heterocycles. The van der Waals surface area contributed by atoms with E-state index in [2.05, 4.69) is 21.5 Å². The van der Waals surface area contributed by atoms with Gasteiger partial charge in [-0.3, -0.25) is 0 Å². The third-order valence-corrected chi connectivity index (χ3v) is 3.44. The van der Waals surface area contributed by atoms with Crippen molar-refractivity contribution in [2.75, 3.05) is 13.2 Å². The molecule has 3 aromatic rings. The van der Waals surface area contributed by atoms with Crippen LogP contribution >= 0.6 is 11.6 Å². The van der Waals surface area contributed by atoms with E-state index in [4.69, 9.17) is 21.6 Å². The van der Waals surface area contributed by atoms with Gasteiger partial charge in [0.2, 0.25) is 0 Å². The summed E-state index contributed by atoms with van der Waals surface area (Å²) in [7, 11) is 0. The topological polar surface area (TPSA) is 75.2 Å². The molecule has 1 N–H and O–H groups in total. The molecular formula is C16H14ClN5O. The summed E-state index contributed by atoms with van der Waals surface area (Å²) >= 11 is 5.89. The van der Waals surface area contributed by atoms with Crippen LogP contribution in [-0.2, 0) is 6.54 Å². The van der Waals surface area contributed by atoms with Crippen molar-refractivity contribution in [3.8, 4) is 11.8 Å². The second kappa shape index (κ2) is 7.09. The first kappa shape index (κ1) is 15.3. The SMILES string of the molecule is N#Cc1cnn2cc(CNCCOc3cccc(Cl)c3)cnc12. The van der Waals surface area contributed by atoms with E-state index >= 15 is 0 Å². The molecule has 2 heterocycles. The molecule has 0 unspecified atom stereocenters. The highest BCUT2D eigenvalue weighted by Gasteiger charge is 2.05. The Kier molecular flexibility index (Phi) is 4.71. The van der Waals surface area contributed by atoms with Crippen LogP contribution in [-0.4, -0.2) is 27.7 Å². The zero-order chi connectivity index (χ0) is 16.1. The number of hydrogen-bond donors (Lipinski definition) is 1. The Morgan fingerprint density at radius 3 is 3.09 bits per heavy atom. The Hall–Kier alpha value is -2.62. The highest BCUT2D eigenvalue weighted by Crippen LogP contribution is 2.16. The van der Waals surface area contributed by atoms with Crippen LogP contribution in [0.3, 0.4) is 0 Å². The lowest BCUT2D eigenvalue weighted by Gasteiger charge is -2.08. The van der Waals surface area contributed by atoms with Crippen LogP contribution in [0.5, 0.6) is 5.75 Å². The maximum Gasteiger partial charge on any atom is 0.172 e. The zero-order valence-corrected chi connectivity index (χ0v) is 13.0. The number of aromatic nitrogens is 3. The smallest absolute Gasteiger partial charge is 0.172 e. The fraction of sp³-hybridized carbons (Fsp3) is 0.188. The first-order valence-electron chi connectivity index (χ1n) is 7.08. The van der Waals surface area contributed by atoms with Crippen molar-refractivity contribution < 1.29 is 4.74 Å². The van der Waals surface area contributed by atoms with Gasteiger partial charge in [0.15, 0.2) is 5.65 Å². The van der Waals surface area contributed by atoms with Gasteiger partial charge in [0.1, 0.15) is 24.0 Å². The van der Waals surface area contributed by atoms with Gasteiger partial charge in [-0.05, 0) is 18.2 Å². The lowest BCUT2D eigenvalue weighted by Crippen LogP contribution is -2.21. The summed E-state index contributed by atoms with van der Waals surface area (Å²) in [4.78, 5) is 4.26. The van der Waals surface area contributed by atoms with Crippen molar-refractivity contribution in [3.05, 3.63) is 59.0 Å². The Labute approximate surface area is 138 Å². The van der Waals surface area contributed by atoms with Gasteiger partial charge < -0.3 is 10.1 Å². The molecule has 116 valence electrons. The second-order valence-electron chi connectivity index (χ2n) is 4.88. The number of nitrogens with zero attached hydrogens (tertiary/aromatic N) is 4. The first-order valence-corrected chi connectivity index (χ1v) is 7.45. The average molecular weight is 328 g/mol. The number of rotatable bonds is 6. The van der Waals surface area contributed by atoms with Crippen molar-refractivity contribution in [3.63, 3.8) is 0 Å². The summed E-state index contributed by atoms with van der Waals surface area (Å²) in [6.07, 6.45) is 5.11. The normalized spacial score (nSPS) is 10.6. The van der Waals surface area contributed by atoms with Gasteiger partial charge in [-0.1, -0.05) is 17.7 Å². The average Bonchev–Trinajstić information content (AvgIpc) is 2.97. The number of nitriles is 1. The van der Waals surface area contributed by atoms with Crippen LogP contribution < -0.4 is 10.1 Å². The third-order valence-electron chi connectivity index (χ3n) is 3.20. The molecule has 2 aromatic heterocycles. The minimum Gasteiger partial charge on any atom is -0.492 e. The van der Waals surface area contributed by atoms with Crippen LogP contribution in [0.4, 0.5) is 0 Å². The molecule has 0 atom stereocenters. The molecule has 0 amide bonds. The number of ether oxygens (including phenoxy) is 1. The number of benzene rings is 1. The van der Waals surface area contributed by atoms with Gasteiger partial charge in [0.25, 0.3) is 0 Å². The van der Waals surface area contributed by atoms with E-state index in [0.29, 0.717) is 35.9 Å². The standard InChI is InChI=1S/C16H14ClN5O/c17-14-2-1-3-15(6-14)23-5-4-19-8-12-9-20-16-13(7-18)10-21-22(16)11-12/h1-3,6,9-11,19H,4-5,8H2. The van der Waals surface area contributed by atoms with Crippen LogP contribution in [0.15, 0.2) is 42.9 Å². The van der Waals surface area contributed by atoms with Crippen molar-refractivity contribution in [1.29, 1.82) is 5.26 Å². The molecule has 0 aliphatic rings. The molecule has 0 fully saturated rings. The summed E-state index contributed by atoms with van der Waals surface area (Å²) in [5.41, 5.74) is 2.02. The predicted molar refractivity (Wildman–Crippen MR) is 86.4 cm³/mol. The predicted octanol–water partition coefficient (Wildman–Crippen LogP) is 2.42. The largest absolute Gasteiger partial charge is 0.492 e. The quantitative estimate of drug-likeness (QED) is 0.704. The summed E-state index contributed by atoms with van der Waals surface area (Å²) < 4.78 is 7.21. The molecule has 0 spiro atoms. The zero-order valence-electron chi connectivity index (χ0n) is 12.2. The molecule has 3 rings (SSSR count). The minimum atomic E-state index is 0.472. The fourth-order valence-corrected chi connectivity index (χ4v) is 2.29. The fourth-order valence-electron chi connectivity index (χ4n) is 2.11. The van der Waals surface area contributed by atoms with Gasteiger partial charge in [-0.25, -0.2) is 9.50 Å². The Morgan fingerprint density at radius 1 is 1.35 bits per heavy atom. The third kappa shape index (κ3) is 3.77. The molecule has 0 radical (unpaired) electrons. The molecule has 0 bridgehead atoms. The monoisotopic (exact) mass is 327 g/mol. The maximum absolute atomic E-state index is 8.93. The Bertz CT molecular complexity index is 855. The van der Waals surface area contributed by atoms with Crippen LogP contribution in [0, 0.1) is 11.3 Å².